The van der Waals surface area contributed by atoms with Gasteiger partial charge >= 0.3 is 0 Å². The fraction of sp³-hybridized carbons (Fsp3) is 0.0282. The van der Waals surface area contributed by atoms with E-state index in [2.05, 4.69) is 334 Å². The van der Waals surface area contributed by atoms with Gasteiger partial charge in [0.05, 0.1) is 11.8 Å². The molecule has 11 aromatic rings. The lowest BCUT2D eigenvalue weighted by Gasteiger charge is -2.35. The SMILES string of the molecule is C1=C(N2c3cccc(c3)N(c3ccccc3)c3cccc(c3)N(c3ccccc3)c3cccc(c3)N(c3ccccc3)c3cccc(c3)N(c3ccccc3)c3cccc2c3)CC(c2ccccc2)N=C1c1ccccc1. The Kier molecular flexibility index (Phi) is 12.7. The summed E-state index contributed by atoms with van der Waals surface area (Å²) in [5, 5.41) is 0. The lowest BCUT2D eigenvalue weighted by atomic mass is 9.95. The van der Waals surface area contributed by atoms with Crippen LogP contribution in [0, 0.1) is 0 Å². The van der Waals surface area contributed by atoms with E-state index in [4.69, 9.17) is 4.99 Å². The summed E-state index contributed by atoms with van der Waals surface area (Å²) >= 11 is 0. The van der Waals surface area contributed by atoms with Crippen LogP contribution in [0.4, 0.5) is 79.6 Å². The van der Waals surface area contributed by atoms with E-state index in [1.807, 2.05) is 0 Å². The van der Waals surface area contributed by atoms with Gasteiger partial charge in [0.15, 0.2) is 0 Å². The zero-order valence-corrected chi connectivity index (χ0v) is 42.4. The third kappa shape index (κ3) is 9.52. The number of benzene rings is 11. The summed E-state index contributed by atoms with van der Waals surface area (Å²) in [5.74, 6) is 0. The number of aliphatic imine (C=N–C) groups is 1. The van der Waals surface area contributed by atoms with Gasteiger partial charge in [0.25, 0.3) is 0 Å². The first-order valence-corrected chi connectivity index (χ1v) is 26.3. The molecular formula is C71H54N6. The number of hydrogen-bond donors (Lipinski definition) is 0. The average molecular weight is 991 g/mol. The van der Waals surface area contributed by atoms with Crippen molar-refractivity contribution in [3.8, 4) is 0 Å². The molecule has 6 nitrogen and oxygen atoms in total. The minimum Gasteiger partial charge on any atom is -0.314 e. The quantitative estimate of drug-likeness (QED) is 0.159. The van der Waals surface area contributed by atoms with Gasteiger partial charge in [-0.1, -0.05) is 164 Å². The van der Waals surface area contributed by atoms with Crippen molar-refractivity contribution in [3.05, 3.63) is 326 Å². The summed E-state index contributed by atoms with van der Waals surface area (Å²) in [6.07, 6.45) is 2.98. The van der Waals surface area contributed by atoms with Crippen LogP contribution in [0.1, 0.15) is 23.6 Å². The molecule has 2 heterocycles. The predicted molar refractivity (Wildman–Crippen MR) is 322 cm³/mol. The molecule has 1 atom stereocenters. The molecule has 368 valence electrons. The summed E-state index contributed by atoms with van der Waals surface area (Å²) in [7, 11) is 0. The number of para-hydroxylation sites is 4. The van der Waals surface area contributed by atoms with E-state index in [9.17, 15) is 0 Å². The Bertz CT molecular complexity index is 3670. The number of hydrogen-bond acceptors (Lipinski definition) is 6. The van der Waals surface area contributed by atoms with E-state index in [1.165, 1.54) is 5.56 Å². The van der Waals surface area contributed by atoms with Crippen LogP contribution < -0.4 is 24.5 Å². The van der Waals surface area contributed by atoms with Crippen molar-refractivity contribution >= 4 is 85.3 Å². The van der Waals surface area contributed by atoms with Gasteiger partial charge in [-0.2, -0.15) is 0 Å². The number of dihydropyridines is 1. The van der Waals surface area contributed by atoms with E-state index < -0.39 is 0 Å². The molecule has 0 radical (unpaired) electrons. The first-order valence-electron chi connectivity index (χ1n) is 26.3. The number of fused-ring (bicyclic) bond motifs is 10. The highest BCUT2D eigenvalue weighted by atomic mass is 15.2. The summed E-state index contributed by atoms with van der Waals surface area (Å²) in [6, 6.07) is 109. The monoisotopic (exact) mass is 990 g/mol. The smallest absolute Gasteiger partial charge is 0.0811 e. The highest BCUT2D eigenvalue weighted by Crippen LogP contribution is 2.47. The molecular weight excluding hydrogens is 937 g/mol. The van der Waals surface area contributed by atoms with Crippen LogP contribution in [-0.2, 0) is 0 Å². The molecule has 0 aliphatic carbocycles. The second-order valence-corrected chi connectivity index (χ2v) is 19.3. The Hall–Kier alpha value is -10.2. The van der Waals surface area contributed by atoms with E-state index in [1.54, 1.807) is 0 Å². The van der Waals surface area contributed by atoms with Crippen molar-refractivity contribution in [2.24, 2.45) is 4.99 Å². The summed E-state index contributed by atoms with van der Waals surface area (Å²) in [4.78, 5) is 17.4. The van der Waals surface area contributed by atoms with Crippen molar-refractivity contribution in [2.75, 3.05) is 24.5 Å². The van der Waals surface area contributed by atoms with Crippen LogP contribution in [0.2, 0.25) is 0 Å². The Morgan fingerprint density at radius 3 is 0.792 bits per heavy atom. The maximum Gasteiger partial charge on any atom is 0.0811 e. The van der Waals surface area contributed by atoms with Crippen LogP contribution in [0.25, 0.3) is 0 Å². The van der Waals surface area contributed by atoms with Gasteiger partial charge in [0.2, 0.25) is 0 Å². The fourth-order valence-electron chi connectivity index (χ4n) is 10.9. The largest absolute Gasteiger partial charge is 0.314 e. The van der Waals surface area contributed by atoms with Gasteiger partial charge in [-0.3, -0.25) is 4.99 Å². The van der Waals surface area contributed by atoms with E-state index in [-0.39, 0.29) is 6.04 Å². The Labute approximate surface area is 451 Å². The standard InChI is InChI=1S/C71H54N6/c1-7-24-53(25-8-1)70-51-69(52-71(72-70)54-26-9-2-10-27-54)77-67-44-22-42-65(49-67)75(57-32-15-5-16-33-57)63-40-20-38-61(47-63)73(55-28-11-3-12-29-55)59-36-19-37-60(46-59)74(56-30-13-4-14-31-56)62-39-21-41-64(48-62)76(58-34-17-6-18-35-58)66-43-23-45-68(77)50-66/h1-51,71H,52H2. The van der Waals surface area contributed by atoms with Crippen molar-refractivity contribution < 1.29 is 0 Å². The molecule has 13 rings (SSSR count). The van der Waals surface area contributed by atoms with Gasteiger partial charge in [0, 0.05) is 91.7 Å². The third-order valence-corrected chi connectivity index (χ3v) is 14.3. The first kappa shape index (κ1) is 46.6. The zero-order chi connectivity index (χ0) is 51.3. The average Bonchev–Trinajstić information content (AvgIpc) is 3.52. The minimum absolute atomic E-state index is 0.120. The number of anilines is 14. The maximum absolute atomic E-state index is 5.49. The molecule has 2 aliphatic rings. The highest BCUT2D eigenvalue weighted by molar-refractivity contribution is 6.10. The van der Waals surface area contributed by atoms with Gasteiger partial charge in [-0.25, -0.2) is 0 Å². The molecule has 0 N–H and O–H groups in total. The van der Waals surface area contributed by atoms with Crippen LogP contribution >= 0.6 is 0 Å². The Balaban J connectivity index is 1.09. The summed E-state index contributed by atoms with van der Waals surface area (Å²) in [5.41, 5.74) is 18.7. The van der Waals surface area contributed by atoms with Crippen LogP contribution in [0.15, 0.2) is 320 Å². The summed E-state index contributed by atoms with van der Waals surface area (Å²) in [6.45, 7) is 0. The highest BCUT2D eigenvalue weighted by Gasteiger charge is 2.28. The number of allylic oxidation sites excluding steroid dienone is 1. The molecule has 0 amide bonds. The molecule has 10 bridgehead atoms. The normalized spacial score (nSPS) is 14.3. The predicted octanol–water partition coefficient (Wildman–Crippen LogP) is 19.5. The molecule has 77 heavy (non-hydrogen) atoms. The van der Waals surface area contributed by atoms with Crippen molar-refractivity contribution in [2.45, 2.75) is 12.5 Å². The molecule has 0 saturated heterocycles. The van der Waals surface area contributed by atoms with Gasteiger partial charge in [-0.15, -0.1) is 0 Å². The number of nitrogens with zero attached hydrogens (tertiary/aromatic N) is 6. The van der Waals surface area contributed by atoms with Gasteiger partial charge in [-0.05, 0) is 157 Å². The molecule has 2 aliphatic heterocycles. The molecule has 0 saturated carbocycles. The first-order chi connectivity index (χ1) is 38.2. The Morgan fingerprint density at radius 2 is 0.494 bits per heavy atom. The fourth-order valence-corrected chi connectivity index (χ4v) is 10.9. The molecule has 11 aromatic carbocycles. The van der Waals surface area contributed by atoms with Crippen molar-refractivity contribution in [1.82, 2.24) is 0 Å². The maximum atomic E-state index is 5.49. The second-order valence-electron chi connectivity index (χ2n) is 19.3. The molecule has 1 unspecified atom stereocenters. The minimum atomic E-state index is -0.120. The number of rotatable bonds is 7. The van der Waals surface area contributed by atoms with Crippen LogP contribution in [0.3, 0.4) is 0 Å². The lowest BCUT2D eigenvalue weighted by molar-refractivity contribution is 0.699. The summed E-state index contributed by atoms with van der Waals surface area (Å²) < 4.78 is 0. The molecule has 6 heteroatoms. The molecule has 0 aromatic heterocycles. The van der Waals surface area contributed by atoms with Crippen LogP contribution in [0.5, 0.6) is 0 Å². The van der Waals surface area contributed by atoms with Crippen LogP contribution in [-0.4, -0.2) is 5.71 Å². The topological polar surface area (TPSA) is 28.6 Å². The Morgan fingerprint density at radius 1 is 0.247 bits per heavy atom. The lowest BCUT2D eigenvalue weighted by Crippen LogP contribution is -2.23. The zero-order valence-electron chi connectivity index (χ0n) is 42.4. The van der Waals surface area contributed by atoms with E-state index in [0.29, 0.717) is 6.42 Å². The third-order valence-electron chi connectivity index (χ3n) is 14.3. The van der Waals surface area contributed by atoms with Crippen molar-refractivity contribution in [3.63, 3.8) is 0 Å². The second kappa shape index (κ2) is 21.0. The van der Waals surface area contributed by atoms with E-state index >= 15 is 0 Å². The molecule has 0 fully saturated rings. The van der Waals surface area contributed by atoms with E-state index in [0.717, 1.165) is 96.6 Å². The van der Waals surface area contributed by atoms with Crippen molar-refractivity contribution in [1.29, 1.82) is 0 Å². The van der Waals surface area contributed by atoms with Gasteiger partial charge in [0.1, 0.15) is 0 Å². The molecule has 0 spiro atoms. The van der Waals surface area contributed by atoms with Gasteiger partial charge < -0.3 is 24.5 Å².